The fraction of sp³-hybridized carbons (Fsp3) is 0.308. The molecule has 2 aromatic heterocycles. The summed E-state index contributed by atoms with van der Waals surface area (Å²) in [4.78, 5) is 6.51. The highest BCUT2D eigenvalue weighted by molar-refractivity contribution is 5.33. The molecular weight excluding hydrogens is 228 g/mol. The molecule has 0 aliphatic heterocycles. The lowest BCUT2D eigenvalue weighted by molar-refractivity contribution is 0.282. The number of anilines is 1. The smallest absolute Gasteiger partial charge is 0.140 e. The molecule has 0 saturated carbocycles. The molecule has 0 amide bonds. The van der Waals surface area contributed by atoms with Crippen LogP contribution in [0.1, 0.15) is 17.2 Å². The Hall–Kier alpha value is -1.85. The largest absolute Gasteiger partial charge is 0.465 e. The Morgan fingerprint density at radius 3 is 2.78 bits per heavy atom. The molecular formula is C13H18N4O. The van der Waals surface area contributed by atoms with Gasteiger partial charge >= 0.3 is 0 Å². The lowest BCUT2D eigenvalue weighted by Crippen LogP contribution is -2.18. The molecule has 0 atom stereocenters. The van der Waals surface area contributed by atoms with Gasteiger partial charge in [-0.2, -0.15) is 0 Å². The van der Waals surface area contributed by atoms with Crippen LogP contribution in [0.4, 0.5) is 5.82 Å². The van der Waals surface area contributed by atoms with Gasteiger partial charge in [0.15, 0.2) is 0 Å². The molecule has 96 valence electrons. The van der Waals surface area contributed by atoms with Crippen LogP contribution >= 0.6 is 0 Å². The van der Waals surface area contributed by atoms with Crippen molar-refractivity contribution in [1.29, 1.82) is 0 Å². The highest BCUT2D eigenvalue weighted by atomic mass is 16.3. The normalized spacial score (nSPS) is 10.9. The van der Waals surface area contributed by atoms with Crippen molar-refractivity contribution in [3.05, 3.63) is 47.5 Å². The van der Waals surface area contributed by atoms with E-state index in [-0.39, 0.29) is 0 Å². The fourth-order valence-corrected chi connectivity index (χ4v) is 1.82. The Morgan fingerprint density at radius 1 is 1.28 bits per heavy atom. The van der Waals surface area contributed by atoms with Gasteiger partial charge in [0.1, 0.15) is 17.3 Å². The molecule has 0 unspecified atom stereocenters. The van der Waals surface area contributed by atoms with Crippen molar-refractivity contribution in [2.24, 2.45) is 5.84 Å². The Morgan fingerprint density at radius 2 is 2.11 bits per heavy atom. The molecule has 0 spiro atoms. The summed E-state index contributed by atoms with van der Waals surface area (Å²) in [6.45, 7) is 3.45. The average molecular weight is 246 g/mol. The van der Waals surface area contributed by atoms with Gasteiger partial charge < -0.3 is 9.84 Å². The van der Waals surface area contributed by atoms with Crippen LogP contribution in [-0.2, 0) is 13.1 Å². The first kappa shape index (κ1) is 12.6. The number of aromatic nitrogens is 1. The predicted octanol–water partition coefficient (Wildman–Crippen LogP) is 1.90. The second-order valence-corrected chi connectivity index (χ2v) is 4.34. The van der Waals surface area contributed by atoms with Gasteiger partial charge in [-0.15, -0.1) is 0 Å². The van der Waals surface area contributed by atoms with E-state index in [1.807, 2.05) is 44.3 Å². The Balaban J connectivity index is 1.96. The summed E-state index contributed by atoms with van der Waals surface area (Å²) in [6, 6.07) is 9.71. The highest BCUT2D eigenvalue weighted by Crippen LogP contribution is 2.11. The van der Waals surface area contributed by atoms with Crippen molar-refractivity contribution in [3.8, 4) is 0 Å². The Labute approximate surface area is 107 Å². The number of furan rings is 1. The summed E-state index contributed by atoms with van der Waals surface area (Å²) >= 11 is 0. The first-order valence-corrected chi connectivity index (χ1v) is 5.84. The van der Waals surface area contributed by atoms with Crippen molar-refractivity contribution in [2.75, 3.05) is 12.5 Å². The molecule has 0 aromatic carbocycles. The number of hydrogen-bond donors (Lipinski definition) is 2. The fourth-order valence-electron chi connectivity index (χ4n) is 1.82. The first-order valence-electron chi connectivity index (χ1n) is 5.84. The predicted molar refractivity (Wildman–Crippen MR) is 70.7 cm³/mol. The Kier molecular flexibility index (Phi) is 3.96. The van der Waals surface area contributed by atoms with Crippen LogP contribution in [0.25, 0.3) is 0 Å². The van der Waals surface area contributed by atoms with Crippen molar-refractivity contribution in [1.82, 2.24) is 9.88 Å². The van der Waals surface area contributed by atoms with Crippen LogP contribution in [0.3, 0.4) is 0 Å². The van der Waals surface area contributed by atoms with E-state index in [0.717, 1.165) is 30.3 Å². The Bertz CT molecular complexity index is 509. The molecule has 0 aliphatic rings. The molecule has 0 radical (unpaired) electrons. The minimum Gasteiger partial charge on any atom is -0.465 e. The molecule has 2 aromatic rings. The van der Waals surface area contributed by atoms with Crippen molar-refractivity contribution >= 4 is 5.82 Å². The molecule has 0 bridgehead atoms. The summed E-state index contributed by atoms with van der Waals surface area (Å²) in [7, 11) is 2.03. The molecule has 0 aliphatic carbocycles. The molecule has 5 nitrogen and oxygen atoms in total. The number of nitrogens with zero attached hydrogens (tertiary/aromatic N) is 2. The van der Waals surface area contributed by atoms with Crippen LogP contribution in [0, 0.1) is 6.92 Å². The van der Waals surface area contributed by atoms with E-state index < -0.39 is 0 Å². The third-order valence-electron chi connectivity index (χ3n) is 2.61. The number of nitrogens with one attached hydrogen (secondary N) is 1. The lowest BCUT2D eigenvalue weighted by Gasteiger charge is -2.14. The summed E-state index contributed by atoms with van der Waals surface area (Å²) in [5.41, 5.74) is 3.51. The standard InChI is InChI=1S/C13H18N4O/c1-10-6-7-12(18-10)9-17(2)8-11-4-3-5-13(15-11)16-14/h3-7H,8-9,14H2,1-2H3,(H,15,16). The second-order valence-electron chi connectivity index (χ2n) is 4.34. The quantitative estimate of drug-likeness (QED) is 0.623. The van der Waals surface area contributed by atoms with Gasteiger partial charge in [-0.3, -0.25) is 4.90 Å². The number of nitrogens with two attached hydrogens (primary N) is 1. The van der Waals surface area contributed by atoms with Gasteiger partial charge in [0.2, 0.25) is 0 Å². The third kappa shape index (κ3) is 3.32. The average Bonchev–Trinajstić information content (AvgIpc) is 2.74. The van der Waals surface area contributed by atoms with Gasteiger partial charge in [-0.1, -0.05) is 6.07 Å². The minimum atomic E-state index is 0.676. The topological polar surface area (TPSA) is 67.3 Å². The van der Waals surface area contributed by atoms with Crippen LogP contribution in [0.15, 0.2) is 34.7 Å². The highest BCUT2D eigenvalue weighted by Gasteiger charge is 2.06. The zero-order valence-electron chi connectivity index (χ0n) is 10.7. The zero-order valence-corrected chi connectivity index (χ0v) is 10.7. The lowest BCUT2D eigenvalue weighted by atomic mass is 10.3. The van der Waals surface area contributed by atoms with Crippen LogP contribution < -0.4 is 11.3 Å². The maximum Gasteiger partial charge on any atom is 0.140 e. The zero-order chi connectivity index (χ0) is 13.0. The number of aryl methyl sites for hydroxylation is 1. The molecule has 5 heteroatoms. The van der Waals surface area contributed by atoms with E-state index >= 15 is 0 Å². The van der Waals surface area contributed by atoms with E-state index in [1.54, 1.807) is 0 Å². The van der Waals surface area contributed by atoms with Gasteiger partial charge in [0.25, 0.3) is 0 Å². The van der Waals surface area contributed by atoms with E-state index in [2.05, 4.69) is 15.3 Å². The second kappa shape index (κ2) is 5.66. The molecule has 18 heavy (non-hydrogen) atoms. The van der Waals surface area contributed by atoms with Crippen molar-refractivity contribution < 1.29 is 4.42 Å². The maximum atomic E-state index is 5.54. The number of rotatable bonds is 5. The number of nitrogen functional groups attached to an aromatic ring is 1. The summed E-state index contributed by atoms with van der Waals surface area (Å²) in [5, 5.41) is 0. The third-order valence-corrected chi connectivity index (χ3v) is 2.61. The van der Waals surface area contributed by atoms with Gasteiger partial charge in [0, 0.05) is 6.54 Å². The number of hydrogen-bond acceptors (Lipinski definition) is 5. The summed E-state index contributed by atoms with van der Waals surface area (Å²) in [5.74, 6) is 7.91. The SMILES string of the molecule is Cc1ccc(CN(C)Cc2cccc(NN)n2)o1. The summed E-state index contributed by atoms with van der Waals surface area (Å²) in [6.07, 6.45) is 0. The minimum absolute atomic E-state index is 0.676. The van der Waals surface area contributed by atoms with E-state index in [9.17, 15) is 0 Å². The van der Waals surface area contributed by atoms with Crippen LogP contribution in [0.2, 0.25) is 0 Å². The van der Waals surface area contributed by atoms with Crippen LogP contribution in [0.5, 0.6) is 0 Å². The number of hydrazine groups is 1. The molecule has 2 heterocycles. The van der Waals surface area contributed by atoms with E-state index in [0.29, 0.717) is 5.82 Å². The van der Waals surface area contributed by atoms with Gasteiger partial charge in [-0.25, -0.2) is 10.8 Å². The molecule has 0 saturated heterocycles. The monoisotopic (exact) mass is 246 g/mol. The van der Waals surface area contributed by atoms with Gasteiger partial charge in [-0.05, 0) is 38.2 Å². The summed E-state index contributed by atoms with van der Waals surface area (Å²) < 4.78 is 5.54. The number of pyridine rings is 1. The molecule has 3 N–H and O–H groups in total. The van der Waals surface area contributed by atoms with Gasteiger partial charge in [0.05, 0.1) is 12.2 Å². The molecule has 0 fully saturated rings. The van der Waals surface area contributed by atoms with Crippen molar-refractivity contribution in [2.45, 2.75) is 20.0 Å². The van der Waals surface area contributed by atoms with Crippen molar-refractivity contribution in [3.63, 3.8) is 0 Å². The van der Waals surface area contributed by atoms with Crippen LogP contribution in [-0.4, -0.2) is 16.9 Å². The molecule has 2 rings (SSSR count). The maximum absolute atomic E-state index is 5.54. The van der Waals surface area contributed by atoms with E-state index in [1.165, 1.54) is 0 Å². The first-order chi connectivity index (χ1) is 8.67. The van der Waals surface area contributed by atoms with E-state index in [4.69, 9.17) is 10.3 Å².